The first-order chi connectivity index (χ1) is 8.02. The van der Waals surface area contributed by atoms with E-state index in [9.17, 15) is 0 Å². The summed E-state index contributed by atoms with van der Waals surface area (Å²) in [6.45, 7) is 9.34. The highest BCUT2D eigenvalue weighted by Crippen LogP contribution is 2.40. The molecule has 0 N–H and O–H groups in total. The lowest BCUT2D eigenvalue weighted by Crippen LogP contribution is -2.25. The first-order valence-corrected chi connectivity index (χ1v) is 9.96. The molecule has 92 valence electrons. The summed E-state index contributed by atoms with van der Waals surface area (Å²) in [4.78, 5) is 0. The summed E-state index contributed by atoms with van der Waals surface area (Å²) in [7, 11) is -1.33. The molecule has 0 aliphatic carbocycles. The Bertz CT molecular complexity index is 414. The third kappa shape index (κ3) is 2.63. The number of hydrogen-bond acceptors (Lipinski definition) is 1. The van der Waals surface area contributed by atoms with Crippen molar-refractivity contribution in [2.24, 2.45) is 0 Å². The van der Waals surface area contributed by atoms with Crippen molar-refractivity contribution in [1.82, 2.24) is 0 Å². The van der Waals surface area contributed by atoms with Crippen LogP contribution in [0.5, 0.6) is 0 Å². The van der Waals surface area contributed by atoms with Gasteiger partial charge in [-0.1, -0.05) is 56.9 Å². The molecule has 1 heterocycles. The van der Waals surface area contributed by atoms with Gasteiger partial charge in [0.2, 0.25) is 0 Å². The van der Waals surface area contributed by atoms with E-state index in [0.717, 1.165) is 12.8 Å². The Morgan fingerprint density at radius 2 is 1.82 bits per heavy atom. The Morgan fingerprint density at radius 3 is 2.29 bits per heavy atom. The quantitative estimate of drug-likeness (QED) is 0.703. The van der Waals surface area contributed by atoms with E-state index in [1.807, 2.05) is 0 Å². The van der Waals surface area contributed by atoms with Gasteiger partial charge in [-0.25, -0.2) is 0 Å². The first kappa shape index (κ1) is 12.4. The van der Waals surface area contributed by atoms with Crippen LogP contribution in [0.4, 0.5) is 0 Å². The third-order valence-corrected chi connectivity index (χ3v) is 5.13. The minimum atomic E-state index is -1.33. The van der Waals surface area contributed by atoms with Gasteiger partial charge >= 0.3 is 0 Å². The Kier molecular flexibility index (Phi) is 3.43. The lowest BCUT2D eigenvalue weighted by Gasteiger charge is -2.21. The molecule has 0 saturated carbocycles. The monoisotopic (exact) mass is 246 g/mol. The highest BCUT2D eigenvalue weighted by Gasteiger charge is 2.33. The molecule has 2 heteroatoms. The normalized spacial score (nSPS) is 20.6. The van der Waals surface area contributed by atoms with E-state index in [0.29, 0.717) is 0 Å². The van der Waals surface area contributed by atoms with E-state index in [1.165, 1.54) is 16.5 Å². The smallest absolute Gasteiger partial charge is 0.126 e. The van der Waals surface area contributed by atoms with Crippen molar-refractivity contribution in [2.45, 2.75) is 45.5 Å². The predicted molar refractivity (Wildman–Crippen MR) is 75.5 cm³/mol. The molecular weight excluding hydrogens is 224 g/mol. The number of hydrogen-bond donors (Lipinski definition) is 0. The number of ether oxygens (including phenoxy) is 1. The third-order valence-electron chi connectivity index (χ3n) is 3.29. The molecule has 0 saturated heterocycles. The second kappa shape index (κ2) is 4.69. The predicted octanol–water partition coefficient (Wildman–Crippen LogP) is 4.69. The molecule has 0 amide bonds. The van der Waals surface area contributed by atoms with E-state index in [4.69, 9.17) is 4.74 Å². The maximum Gasteiger partial charge on any atom is 0.126 e. The molecule has 0 fully saturated rings. The standard InChI is InChI=1S/C15H22OSi/c1-5-12-11-14(13-9-7-6-8-10-13)16-15(12)17(2,3)4/h6-10,14H,5,11H2,1-4H3. The minimum absolute atomic E-state index is 0.257. The maximum atomic E-state index is 6.26. The van der Waals surface area contributed by atoms with Gasteiger partial charge in [0.15, 0.2) is 0 Å². The summed E-state index contributed by atoms with van der Waals surface area (Å²) in [5.41, 5.74) is 2.85. The van der Waals surface area contributed by atoms with E-state index in [-0.39, 0.29) is 6.10 Å². The van der Waals surface area contributed by atoms with Crippen LogP contribution in [0.15, 0.2) is 41.3 Å². The van der Waals surface area contributed by atoms with Crippen molar-refractivity contribution in [3.63, 3.8) is 0 Å². The lowest BCUT2D eigenvalue weighted by atomic mass is 10.0. The van der Waals surface area contributed by atoms with Crippen molar-refractivity contribution >= 4 is 8.07 Å². The van der Waals surface area contributed by atoms with E-state index < -0.39 is 8.07 Å². The zero-order chi connectivity index (χ0) is 12.5. The van der Waals surface area contributed by atoms with Crippen LogP contribution in [0, 0.1) is 0 Å². The van der Waals surface area contributed by atoms with Gasteiger partial charge in [-0.15, -0.1) is 0 Å². The minimum Gasteiger partial charge on any atom is -0.495 e. The first-order valence-electron chi connectivity index (χ1n) is 6.46. The fourth-order valence-electron chi connectivity index (χ4n) is 2.45. The molecule has 0 aromatic heterocycles. The number of benzene rings is 1. The van der Waals surface area contributed by atoms with Crippen LogP contribution in [0.2, 0.25) is 19.6 Å². The molecule has 1 atom stereocenters. The zero-order valence-electron chi connectivity index (χ0n) is 11.3. The van der Waals surface area contributed by atoms with E-state index in [2.05, 4.69) is 56.9 Å². The fourth-order valence-corrected chi connectivity index (χ4v) is 4.28. The molecule has 1 nitrogen and oxygen atoms in total. The molecule has 1 aliphatic rings. The second-order valence-electron chi connectivity index (χ2n) is 5.76. The van der Waals surface area contributed by atoms with Gasteiger partial charge in [0.05, 0.1) is 5.38 Å². The Hall–Kier alpha value is -1.02. The summed E-state index contributed by atoms with van der Waals surface area (Å²) >= 11 is 0. The molecule has 17 heavy (non-hydrogen) atoms. The van der Waals surface area contributed by atoms with E-state index >= 15 is 0 Å². The van der Waals surface area contributed by atoms with Gasteiger partial charge in [0.1, 0.15) is 14.2 Å². The molecule has 1 aliphatic heterocycles. The molecule has 2 rings (SSSR count). The molecule has 0 bridgehead atoms. The fraction of sp³-hybridized carbons (Fsp3) is 0.467. The summed E-state index contributed by atoms with van der Waals surface area (Å²) in [5.74, 6) is 0. The van der Waals surface area contributed by atoms with Crippen molar-refractivity contribution in [3.05, 3.63) is 46.9 Å². The van der Waals surface area contributed by atoms with Crippen LogP contribution in [0.1, 0.15) is 31.4 Å². The van der Waals surface area contributed by atoms with Crippen LogP contribution in [-0.2, 0) is 4.74 Å². The number of rotatable bonds is 3. The van der Waals surface area contributed by atoms with Crippen LogP contribution in [0.3, 0.4) is 0 Å². The Morgan fingerprint density at radius 1 is 1.18 bits per heavy atom. The van der Waals surface area contributed by atoms with Crippen LogP contribution >= 0.6 is 0 Å². The van der Waals surface area contributed by atoms with Gasteiger partial charge in [-0.2, -0.15) is 0 Å². The zero-order valence-corrected chi connectivity index (χ0v) is 12.3. The summed E-state index contributed by atoms with van der Waals surface area (Å²) in [6.07, 6.45) is 2.47. The van der Waals surface area contributed by atoms with Gasteiger partial charge in [0.25, 0.3) is 0 Å². The second-order valence-corrected chi connectivity index (χ2v) is 10.7. The highest BCUT2D eigenvalue weighted by atomic mass is 28.3. The molecule has 1 unspecified atom stereocenters. The lowest BCUT2D eigenvalue weighted by molar-refractivity contribution is 0.160. The SMILES string of the molecule is CCC1=C([Si](C)(C)C)OC(c2ccccc2)C1. The maximum absolute atomic E-state index is 6.26. The topological polar surface area (TPSA) is 9.23 Å². The van der Waals surface area contributed by atoms with Crippen molar-refractivity contribution < 1.29 is 4.74 Å². The van der Waals surface area contributed by atoms with Crippen LogP contribution < -0.4 is 0 Å². The van der Waals surface area contributed by atoms with Crippen molar-refractivity contribution in [1.29, 1.82) is 0 Å². The van der Waals surface area contributed by atoms with Crippen LogP contribution in [-0.4, -0.2) is 8.07 Å². The molecular formula is C15H22OSi. The summed E-state index contributed by atoms with van der Waals surface area (Å²) in [6, 6.07) is 10.6. The molecule has 1 aromatic rings. The Balaban J connectivity index is 2.22. The largest absolute Gasteiger partial charge is 0.495 e. The Labute approximate surface area is 106 Å². The van der Waals surface area contributed by atoms with Crippen molar-refractivity contribution in [2.75, 3.05) is 0 Å². The highest BCUT2D eigenvalue weighted by molar-refractivity contribution is 6.82. The van der Waals surface area contributed by atoms with Crippen molar-refractivity contribution in [3.8, 4) is 0 Å². The average Bonchev–Trinajstić information content (AvgIpc) is 2.74. The molecule has 1 aromatic carbocycles. The van der Waals surface area contributed by atoms with Gasteiger partial charge in [0, 0.05) is 6.42 Å². The van der Waals surface area contributed by atoms with Gasteiger partial charge in [-0.05, 0) is 17.6 Å². The summed E-state index contributed by atoms with van der Waals surface area (Å²) in [5, 5.41) is 1.34. The van der Waals surface area contributed by atoms with E-state index in [1.54, 1.807) is 0 Å². The van der Waals surface area contributed by atoms with Gasteiger partial charge in [-0.3, -0.25) is 0 Å². The average molecular weight is 246 g/mol. The summed E-state index contributed by atoms with van der Waals surface area (Å²) < 4.78 is 6.26. The van der Waals surface area contributed by atoms with Crippen LogP contribution in [0.25, 0.3) is 0 Å². The van der Waals surface area contributed by atoms with Gasteiger partial charge < -0.3 is 4.74 Å². The molecule has 0 spiro atoms. The molecule has 0 radical (unpaired) electrons.